The number of aldehydes is 1. The van der Waals surface area contributed by atoms with Crippen LogP contribution in [-0.2, 0) is 11.3 Å². The third-order valence-corrected chi connectivity index (χ3v) is 3.68. The molecule has 0 N–H and O–H groups in total. The van der Waals surface area contributed by atoms with Crippen molar-refractivity contribution in [3.63, 3.8) is 0 Å². The summed E-state index contributed by atoms with van der Waals surface area (Å²) in [7, 11) is 0. The van der Waals surface area contributed by atoms with E-state index in [-0.39, 0.29) is 12.5 Å². The van der Waals surface area contributed by atoms with E-state index in [1.165, 1.54) is 23.5 Å². The lowest BCUT2D eigenvalue weighted by molar-refractivity contribution is 0.0429. The molecule has 0 spiro atoms. The predicted molar refractivity (Wildman–Crippen MR) is 78.6 cm³/mol. The molecule has 6 nitrogen and oxygen atoms in total. The number of benzene rings is 1. The van der Waals surface area contributed by atoms with E-state index in [1.54, 1.807) is 12.1 Å². The van der Waals surface area contributed by atoms with Crippen molar-refractivity contribution in [2.75, 3.05) is 0 Å². The second-order valence-corrected chi connectivity index (χ2v) is 5.25. The Balaban J connectivity index is 1.62. The standard InChI is InChI=1S/C15H10N2O4S/c18-8-10-3-5-11(6-4-10)15(19)20-9-13-16-14(17-21-13)12-2-1-7-22-12/h1-8H,9H2. The third kappa shape index (κ3) is 3.09. The highest BCUT2D eigenvalue weighted by Crippen LogP contribution is 2.21. The van der Waals surface area contributed by atoms with E-state index in [2.05, 4.69) is 10.1 Å². The van der Waals surface area contributed by atoms with Crippen LogP contribution in [0.4, 0.5) is 0 Å². The smallest absolute Gasteiger partial charge is 0.338 e. The minimum atomic E-state index is -0.520. The van der Waals surface area contributed by atoms with Gasteiger partial charge in [-0.2, -0.15) is 4.98 Å². The molecule has 0 saturated carbocycles. The van der Waals surface area contributed by atoms with Crippen LogP contribution in [0.2, 0.25) is 0 Å². The maximum Gasteiger partial charge on any atom is 0.338 e. The molecule has 0 aliphatic rings. The molecule has 0 saturated heterocycles. The predicted octanol–water partition coefficient (Wildman–Crippen LogP) is 2.97. The second-order valence-electron chi connectivity index (χ2n) is 4.31. The lowest BCUT2D eigenvalue weighted by Gasteiger charge is -2.01. The number of rotatable bonds is 5. The van der Waals surface area contributed by atoms with Gasteiger partial charge in [0.25, 0.3) is 5.89 Å². The van der Waals surface area contributed by atoms with Gasteiger partial charge >= 0.3 is 5.97 Å². The fourth-order valence-electron chi connectivity index (χ4n) is 1.73. The Kier molecular flexibility index (Phi) is 4.06. The fourth-order valence-corrected chi connectivity index (χ4v) is 2.38. The molecule has 0 atom stereocenters. The molecule has 2 heterocycles. The molecular weight excluding hydrogens is 304 g/mol. The van der Waals surface area contributed by atoms with Crippen LogP contribution in [0.1, 0.15) is 26.6 Å². The molecule has 1 aromatic carbocycles. The van der Waals surface area contributed by atoms with Crippen LogP contribution in [0, 0.1) is 0 Å². The highest BCUT2D eigenvalue weighted by atomic mass is 32.1. The van der Waals surface area contributed by atoms with Crippen LogP contribution >= 0.6 is 11.3 Å². The van der Waals surface area contributed by atoms with Gasteiger partial charge in [-0.15, -0.1) is 11.3 Å². The van der Waals surface area contributed by atoms with Crippen LogP contribution in [0.3, 0.4) is 0 Å². The van der Waals surface area contributed by atoms with Crippen molar-refractivity contribution >= 4 is 23.6 Å². The van der Waals surface area contributed by atoms with Crippen LogP contribution in [0.25, 0.3) is 10.7 Å². The maximum absolute atomic E-state index is 11.9. The lowest BCUT2D eigenvalue weighted by Crippen LogP contribution is -2.05. The summed E-state index contributed by atoms with van der Waals surface area (Å²) >= 11 is 1.49. The zero-order valence-corrected chi connectivity index (χ0v) is 12.1. The quantitative estimate of drug-likeness (QED) is 0.532. The Bertz CT molecular complexity index is 778. The molecule has 22 heavy (non-hydrogen) atoms. The molecule has 0 bridgehead atoms. The number of nitrogens with zero attached hydrogens (tertiary/aromatic N) is 2. The van der Waals surface area contributed by atoms with E-state index in [0.29, 0.717) is 23.2 Å². The summed E-state index contributed by atoms with van der Waals surface area (Å²) in [6.45, 7) is -0.105. The highest BCUT2D eigenvalue weighted by Gasteiger charge is 2.12. The van der Waals surface area contributed by atoms with E-state index in [1.807, 2.05) is 17.5 Å². The van der Waals surface area contributed by atoms with E-state index in [0.717, 1.165) is 4.88 Å². The van der Waals surface area contributed by atoms with Crippen LogP contribution in [0.15, 0.2) is 46.3 Å². The van der Waals surface area contributed by atoms with Gasteiger partial charge in [-0.1, -0.05) is 23.4 Å². The topological polar surface area (TPSA) is 82.3 Å². The van der Waals surface area contributed by atoms with Gasteiger partial charge in [0.15, 0.2) is 6.61 Å². The van der Waals surface area contributed by atoms with E-state index < -0.39 is 5.97 Å². The van der Waals surface area contributed by atoms with Gasteiger partial charge < -0.3 is 9.26 Å². The van der Waals surface area contributed by atoms with Crippen LogP contribution in [0.5, 0.6) is 0 Å². The molecule has 0 fully saturated rings. The maximum atomic E-state index is 11.9. The molecule has 0 unspecified atom stereocenters. The second kappa shape index (κ2) is 6.31. The first-order chi connectivity index (χ1) is 10.8. The number of hydrogen-bond donors (Lipinski definition) is 0. The van der Waals surface area contributed by atoms with Gasteiger partial charge in [0, 0.05) is 5.56 Å². The molecule has 3 rings (SSSR count). The molecule has 0 amide bonds. The Morgan fingerprint density at radius 3 is 2.77 bits per heavy atom. The van der Waals surface area contributed by atoms with E-state index >= 15 is 0 Å². The monoisotopic (exact) mass is 314 g/mol. The summed E-state index contributed by atoms with van der Waals surface area (Å²) in [6, 6.07) is 9.91. The van der Waals surface area contributed by atoms with Crippen molar-refractivity contribution in [1.29, 1.82) is 0 Å². The molecule has 2 aromatic heterocycles. The summed E-state index contributed by atoms with van der Waals surface area (Å²) in [5.74, 6) is 0.172. The Morgan fingerprint density at radius 1 is 1.27 bits per heavy atom. The first kappa shape index (κ1) is 14.2. The summed E-state index contributed by atoms with van der Waals surface area (Å²) in [4.78, 5) is 27.4. The van der Waals surface area contributed by atoms with Gasteiger partial charge in [-0.25, -0.2) is 4.79 Å². The Hall–Kier alpha value is -2.80. The number of esters is 1. The number of carbonyl (C=O) groups excluding carboxylic acids is 2. The highest BCUT2D eigenvalue weighted by molar-refractivity contribution is 7.13. The minimum Gasteiger partial charge on any atom is -0.452 e. The van der Waals surface area contributed by atoms with Crippen molar-refractivity contribution in [2.24, 2.45) is 0 Å². The van der Waals surface area contributed by atoms with E-state index in [4.69, 9.17) is 9.26 Å². The molecule has 0 aliphatic carbocycles. The normalized spacial score (nSPS) is 10.4. The molecule has 0 aliphatic heterocycles. The first-order valence-electron chi connectivity index (χ1n) is 6.35. The van der Waals surface area contributed by atoms with Crippen molar-refractivity contribution in [3.05, 3.63) is 58.8 Å². The van der Waals surface area contributed by atoms with Gasteiger partial charge in [-0.3, -0.25) is 4.79 Å². The average molecular weight is 314 g/mol. The van der Waals surface area contributed by atoms with Gasteiger partial charge in [0.05, 0.1) is 10.4 Å². The van der Waals surface area contributed by atoms with Crippen molar-refractivity contribution in [2.45, 2.75) is 6.61 Å². The molecular formula is C15H10N2O4S. The van der Waals surface area contributed by atoms with Crippen molar-refractivity contribution in [3.8, 4) is 10.7 Å². The number of ether oxygens (including phenoxy) is 1. The van der Waals surface area contributed by atoms with E-state index in [9.17, 15) is 9.59 Å². The van der Waals surface area contributed by atoms with Crippen LogP contribution in [-0.4, -0.2) is 22.4 Å². The minimum absolute atomic E-state index is 0.105. The zero-order chi connectivity index (χ0) is 15.4. The van der Waals surface area contributed by atoms with Gasteiger partial charge in [0.1, 0.15) is 6.29 Å². The van der Waals surface area contributed by atoms with Crippen molar-refractivity contribution < 1.29 is 18.8 Å². The van der Waals surface area contributed by atoms with Gasteiger partial charge in [0.2, 0.25) is 5.82 Å². The molecule has 3 aromatic rings. The number of carbonyl (C=O) groups is 2. The summed E-state index contributed by atoms with van der Waals surface area (Å²) < 4.78 is 10.1. The molecule has 7 heteroatoms. The number of aromatic nitrogens is 2. The van der Waals surface area contributed by atoms with Crippen LogP contribution < -0.4 is 0 Å². The lowest BCUT2D eigenvalue weighted by atomic mass is 10.1. The van der Waals surface area contributed by atoms with Crippen molar-refractivity contribution in [1.82, 2.24) is 10.1 Å². The molecule has 0 radical (unpaired) electrons. The van der Waals surface area contributed by atoms with Gasteiger partial charge in [-0.05, 0) is 23.6 Å². The summed E-state index contributed by atoms with van der Waals surface area (Å²) in [6.07, 6.45) is 0.708. The average Bonchev–Trinajstić information content (AvgIpc) is 3.23. The number of hydrogen-bond acceptors (Lipinski definition) is 7. The summed E-state index contributed by atoms with van der Waals surface area (Å²) in [5, 5.41) is 5.74. The zero-order valence-electron chi connectivity index (χ0n) is 11.3. The third-order valence-electron chi connectivity index (χ3n) is 2.82. The Labute approximate surface area is 129 Å². The first-order valence-corrected chi connectivity index (χ1v) is 7.23. The number of thiophene rings is 1. The largest absolute Gasteiger partial charge is 0.452 e. The fraction of sp³-hybridized carbons (Fsp3) is 0.0667. The summed E-state index contributed by atoms with van der Waals surface area (Å²) in [5.41, 5.74) is 0.845. The molecule has 110 valence electrons. The Morgan fingerprint density at radius 2 is 2.09 bits per heavy atom. The SMILES string of the molecule is O=Cc1ccc(C(=O)OCc2nc(-c3cccs3)no2)cc1.